The maximum absolute atomic E-state index is 12.0. The lowest BCUT2D eigenvalue weighted by Crippen LogP contribution is -2.49. The predicted octanol–water partition coefficient (Wildman–Crippen LogP) is 1.02. The highest BCUT2D eigenvalue weighted by Gasteiger charge is 2.32. The SMILES string of the molecule is CCN(CC)C(=O)C(C)NC(=O)CC1(N)CCCC1. The number of rotatable bonds is 6. The summed E-state index contributed by atoms with van der Waals surface area (Å²) in [6.45, 7) is 6.93. The zero-order valence-corrected chi connectivity index (χ0v) is 12.4. The van der Waals surface area contributed by atoms with E-state index in [1.165, 1.54) is 0 Å². The Bertz CT molecular complexity index is 321. The summed E-state index contributed by atoms with van der Waals surface area (Å²) < 4.78 is 0. The molecule has 0 aliphatic heterocycles. The van der Waals surface area contributed by atoms with Gasteiger partial charge in [0.05, 0.1) is 0 Å². The number of carbonyl (C=O) groups excluding carboxylic acids is 2. The Hall–Kier alpha value is -1.10. The molecule has 0 radical (unpaired) electrons. The second kappa shape index (κ2) is 6.89. The third-order valence-electron chi connectivity index (χ3n) is 3.93. The first-order valence-corrected chi connectivity index (χ1v) is 7.29. The quantitative estimate of drug-likeness (QED) is 0.756. The van der Waals surface area contributed by atoms with Crippen LogP contribution in [0.15, 0.2) is 0 Å². The van der Waals surface area contributed by atoms with E-state index in [0.29, 0.717) is 19.5 Å². The minimum Gasteiger partial charge on any atom is -0.345 e. The predicted molar refractivity (Wildman–Crippen MR) is 75.5 cm³/mol. The second-order valence-electron chi connectivity index (χ2n) is 5.55. The van der Waals surface area contributed by atoms with Crippen LogP contribution in [0.1, 0.15) is 52.9 Å². The summed E-state index contributed by atoms with van der Waals surface area (Å²) in [4.78, 5) is 25.7. The zero-order chi connectivity index (χ0) is 14.5. The first-order valence-electron chi connectivity index (χ1n) is 7.29. The van der Waals surface area contributed by atoms with Crippen LogP contribution in [0.4, 0.5) is 0 Å². The number of nitrogens with one attached hydrogen (secondary N) is 1. The Morgan fingerprint density at radius 2 is 1.79 bits per heavy atom. The van der Waals surface area contributed by atoms with E-state index < -0.39 is 6.04 Å². The van der Waals surface area contributed by atoms with Crippen molar-refractivity contribution < 1.29 is 9.59 Å². The molecule has 1 fully saturated rings. The molecule has 0 bridgehead atoms. The Morgan fingerprint density at radius 3 is 2.26 bits per heavy atom. The lowest BCUT2D eigenvalue weighted by Gasteiger charge is -2.26. The molecule has 5 nitrogen and oxygen atoms in total. The van der Waals surface area contributed by atoms with Crippen LogP contribution in [-0.2, 0) is 9.59 Å². The van der Waals surface area contributed by atoms with Crippen molar-refractivity contribution in [2.75, 3.05) is 13.1 Å². The van der Waals surface area contributed by atoms with E-state index in [9.17, 15) is 9.59 Å². The molecule has 0 aromatic rings. The molecule has 0 aromatic heterocycles. The molecule has 1 aliphatic carbocycles. The van der Waals surface area contributed by atoms with Crippen LogP contribution >= 0.6 is 0 Å². The molecule has 0 saturated heterocycles. The highest BCUT2D eigenvalue weighted by Crippen LogP contribution is 2.29. The van der Waals surface area contributed by atoms with Gasteiger partial charge in [-0.2, -0.15) is 0 Å². The summed E-state index contributed by atoms with van der Waals surface area (Å²) in [5.41, 5.74) is 5.81. The Kier molecular flexibility index (Phi) is 5.79. The summed E-state index contributed by atoms with van der Waals surface area (Å²) >= 11 is 0. The van der Waals surface area contributed by atoms with E-state index in [1.807, 2.05) is 13.8 Å². The van der Waals surface area contributed by atoms with Gasteiger partial charge in [-0.1, -0.05) is 12.8 Å². The third kappa shape index (κ3) is 4.49. The fourth-order valence-electron chi connectivity index (χ4n) is 2.74. The van der Waals surface area contributed by atoms with Crippen LogP contribution in [0.25, 0.3) is 0 Å². The molecule has 2 amide bonds. The van der Waals surface area contributed by atoms with Crippen molar-refractivity contribution in [1.82, 2.24) is 10.2 Å². The highest BCUT2D eigenvalue weighted by molar-refractivity contribution is 5.87. The molecule has 1 rings (SSSR count). The van der Waals surface area contributed by atoms with E-state index in [4.69, 9.17) is 5.73 Å². The first-order chi connectivity index (χ1) is 8.91. The topological polar surface area (TPSA) is 75.4 Å². The summed E-state index contributed by atoms with van der Waals surface area (Å²) in [6.07, 6.45) is 4.32. The van der Waals surface area contributed by atoms with E-state index in [0.717, 1.165) is 25.7 Å². The van der Waals surface area contributed by atoms with E-state index in [2.05, 4.69) is 5.32 Å². The van der Waals surface area contributed by atoms with Crippen molar-refractivity contribution in [3.05, 3.63) is 0 Å². The second-order valence-corrected chi connectivity index (χ2v) is 5.55. The van der Waals surface area contributed by atoms with E-state index in [-0.39, 0.29) is 17.4 Å². The van der Waals surface area contributed by atoms with Gasteiger partial charge in [-0.25, -0.2) is 0 Å². The van der Waals surface area contributed by atoms with Crippen LogP contribution < -0.4 is 11.1 Å². The molecule has 0 aromatic carbocycles. The number of hydrogen-bond acceptors (Lipinski definition) is 3. The Morgan fingerprint density at radius 1 is 1.26 bits per heavy atom. The van der Waals surface area contributed by atoms with Crippen molar-refractivity contribution in [3.63, 3.8) is 0 Å². The zero-order valence-electron chi connectivity index (χ0n) is 12.4. The van der Waals surface area contributed by atoms with Crippen LogP contribution in [0, 0.1) is 0 Å². The van der Waals surface area contributed by atoms with Gasteiger partial charge < -0.3 is 16.0 Å². The molecular weight excluding hydrogens is 242 g/mol. The molecule has 0 spiro atoms. The summed E-state index contributed by atoms with van der Waals surface area (Å²) in [7, 11) is 0. The lowest BCUT2D eigenvalue weighted by atomic mass is 9.94. The number of hydrogen-bond donors (Lipinski definition) is 2. The molecule has 19 heavy (non-hydrogen) atoms. The lowest BCUT2D eigenvalue weighted by molar-refractivity contribution is -0.136. The number of nitrogens with zero attached hydrogens (tertiary/aromatic N) is 1. The van der Waals surface area contributed by atoms with Crippen LogP contribution in [-0.4, -0.2) is 41.4 Å². The molecule has 110 valence electrons. The Labute approximate surface area is 115 Å². The molecule has 3 N–H and O–H groups in total. The van der Waals surface area contributed by atoms with Gasteiger partial charge in [0, 0.05) is 25.0 Å². The monoisotopic (exact) mass is 269 g/mol. The molecule has 0 heterocycles. The van der Waals surface area contributed by atoms with E-state index in [1.54, 1.807) is 11.8 Å². The molecule has 1 aliphatic rings. The number of likely N-dealkylation sites (N-methyl/N-ethyl adjacent to an activating group) is 1. The summed E-state index contributed by atoms with van der Waals surface area (Å²) in [6, 6.07) is -0.475. The smallest absolute Gasteiger partial charge is 0.244 e. The van der Waals surface area contributed by atoms with Gasteiger partial charge in [0.25, 0.3) is 0 Å². The fraction of sp³-hybridized carbons (Fsp3) is 0.857. The van der Waals surface area contributed by atoms with Crippen molar-refractivity contribution in [1.29, 1.82) is 0 Å². The highest BCUT2D eigenvalue weighted by atomic mass is 16.2. The molecule has 1 unspecified atom stereocenters. The van der Waals surface area contributed by atoms with Crippen molar-refractivity contribution >= 4 is 11.8 Å². The van der Waals surface area contributed by atoms with Gasteiger partial charge in [-0.3, -0.25) is 9.59 Å². The van der Waals surface area contributed by atoms with Crippen molar-refractivity contribution in [3.8, 4) is 0 Å². The minimum absolute atomic E-state index is 0.0316. The van der Waals surface area contributed by atoms with Gasteiger partial charge in [0.2, 0.25) is 11.8 Å². The summed E-state index contributed by atoms with van der Waals surface area (Å²) in [5, 5.41) is 2.77. The van der Waals surface area contributed by atoms with Crippen LogP contribution in [0.2, 0.25) is 0 Å². The van der Waals surface area contributed by atoms with Crippen LogP contribution in [0.5, 0.6) is 0 Å². The van der Waals surface area contributed by atoms with Gasteiger partial charge in [0.15, 0.2) is 0 Å². The largest absolute Gasteiger partial charge is 0.345 e. The third-order valence-corrected chi connectivity index (χ3v) is 3.93. The van der Waals surface area contributed by atoms with Gasteiger partial charge in [0.1, 0.15) is 6.04 Å². The van der Waals surface area contributed by atoms with Crippen LogP contribution in [0.3, 0.4) is 0 Å². The van der Waals surface area contributed by atoms with Gasteiger partial charge >= 0.3 is 0 Å². The molecule has 1 saturated carbocycles. The molecular formula is C14H27N3O2. The Balaban J connectivity index is 2.45. The molecule has 5 heteroatoms. The van der Waals surface area contributed by atoms with Crippen molar-refractivity contribution in [2.45, 2.75) is 64.5 Å². The van der Waals surface area contributed by atoms with E-state index >= 15 is 0 Å². The maximum Gasteiger partial charge on any atom is 0.244 e. The fourth-order valence-corrected chi connectivity index (χ4v) is 2.74. The van der Waals surface area contributed by atoms with Gasteiger partial charge in [-0.15, -0.1) is 0 Å². The number of nitrogens with two attached hydrogens (primary N) is 1. The van der Waals surface area contributed by atoms with Crippen molar-refractivity contribution in [2.24, 2.45) is 5.73 Å². The number of carbonyl (C=O) groups is 2. The molecule has 1 atom stereocenters. The average molecular weight is 269 g/mol. The normalized spacial score (nSPS) is 18.9. The maximum atomic E-state index is 12.0. The first kappa shape index (κ1) is 16.0. The standard InChI is InChI=1S/C14H27N3O2/c1-4-17(5-2)13(19)11(3)16-12(18)10-14(15)8-6-7-9-14/h11H,4-10,15H2,1-3H3,(H,16,18). The number of amides is 2. The average Bonchev–Trinajstić information content (AvgIpc) is 2.76. The van der Waals surface area contributed by atoms with Gasteiger partial charge in [-0.05, 0) is 33.6 Å². The summed E-state index contributed by atoms with van der Waals surface area (Å²) in [5.74, 6) is -0.145. The minimum atomic E-state index is -0.475.